The number of nitrogens with two attached hydrogens (primary N) is 1. The highest BCUT2D eigenvalue weighted by atomic mass is 35.5. The third-order valence-electron chi connectivity index (χ3n) is 3.99. The largest absolute Gasteiger partial charge is 0.369 e. The summed E-state index contributed by atoms with van der Waals surface area (Å²) in [6.45, 7) is 0.177. The summed E-state index contributed by atoms with van der Waals surface area (Å²) < 4.78 is 0. The zero-order chi connectivity index (χ0) is 19.2. The van der Waals surface area contributed by atoms with Gasteiger partial charge in [-0.1, -0.05) is 54.1 Å². The average Bonchev–Trinajstić information content (AvgIpc) is 2.69. The summed E-state index contributed by atoms with van der Waals surface area (Å²) in [4.78, 5) is 35.1. The van der Waals surface area contributed by atoms with Crippen LogP contribution >= 0.6 is 11.6 Å². The summed E-state index contributed by atoms with van der Waals surface area (Å²) in [7, 11) is 0. The van der Waals surface area contributed by atoms with Gasteiger partial charge in [-0.05, 0) is 29.3 Å². The van der Waals surface area contributed by atoms with Crippen LogP contribution in [0.1, 0.15) is 17.0 Å². The first-order valence-electron chi connectivity index (χ1n) is 8.23. The first kappa shape index (κ1) is 18.5. The van der Waals surface area contributed by atoms with E-state index >= 15 is 0 Å². The number of aromatic nitrogens is 2. The molecule has 0 saturated heterocycles. The lowest BCUT2D eigenvalue weighted by molar-refractivity contribution is -0.128. The van der Waals surface area contributed by atoms with Crippen LogP contribution in [0.25, 0.3) is 0 Å². The van der Waals surface area contributed by atoms with E-state index in [0.29, 0.717) is 16.5 Å². The lowest BCUT2D eigenvalue weighted by atomic mass is 9.96. The number of primary amides is 1. The molecule has 0 radical (unpaired) electrons. The second-order valence-corrected chi connectivity index (χ2v) is 6.23. The Morgan fingerprint density at radius 3 is 2.33 bits per heavy atom. The second-order valence-electron chi connectivity index (χ2n) is 5.85. The highest BCUT2D eigenvalue weighted by Crippen LogP contribution is 2.23. The number of carbonyl (C=O) groups excluding carboxylic acids is 2. The van der Waals surface area contributed by atoms with Crippen molar-refractivity contribution >= 4 is 29.2 Å². The molecular formula is C20H17ClN4O2. The summed E-state index contributed by atoms with van der Waals surface area (Å²) in [5.74, 6) is -1.88. The van der Waals surface area contributed by atoms with Gasteiger partial charge in [-0.3, -0.25) is 14.5 Å². The van der Waals surface area contributed by atoms with Crippen LogP contribution in [-0.2, 0) is 16.1 Å². The van der Waals surface area contributed by atoms with E-state index in [1.165, 1.54) is 4.90 Å². The minimum Gasteiger partial charge on any atom is -0.369 e. The minimum atomic E-state index is -1.12. The van der Waals surface area contributed by atoms with Gasteiger partial charge in [-0.2, -0.15) is 0 Å². The molecule has 2 amide bonds. The Kier molecular flexibility index (Phi) is 5.78. The maximum absolute atomic E-state index is 13.3. The van der Waals surface area contributed by atoms with E-state index < -0.39 is 17.7 Å². The van der Waals surface area contributed by atoms with Crippen molar-refractivity contribution in [2.24, 2.45) is 5.73 Å². The number of pyridine rings is 2. The molecule has 0 aliphatic rings. The Bertz CT molecular complexity index is 918. The smallest absolute Gasteiger partial charge is 0.245 e. The van der Waals surface area contributed by atoms with Crippen molar-refractivity contribution in [2.75, 3.05) is 4.90 Å². The molecule has 2 heterocycles. The van der Waals surface area contributed by atoms with E-state index in [4.69, 9.17) is 17.3 Å². The van der Waals surface area contributed by atoms with Crippen LogP contribution in [0.4, 0.5) is 5.82 Å². The lowest BCUT2D eigenvalue weighted by Gasteiger charge is -2.25. The molecule has 0 bridgehead atoms. The van der Waals surface area contributed by atoms with Crippen molar-refractivity contribution < 1.29 is 9.59 Å². The van der Waals surface area contributed by atoms with Crippen LogP contribution < -0.4 is 10.6 Å². The van der Waals surface area contributed by atoms with Crippen LogP contribution in [0.2, 0.25) is 5.15 Å². The Morgan fingerprint density at radius 1 is 1.00 bits per heavy atom. The van der Waals surface area contributed by atoms with Crippen LogP contribution in [0.5, 0.6) is 0 Å². The van der Waals surface area contributed by atoms with Gasteiger partial charge in [-0.25, -0.2) is 9.97 Å². The molecule has 3 aromatic rings. The van der Waals surface area contributed by atoms with Crippen LogP contribution in [0, 0.1) is 0 Å². The first-order chi connectivity index (χ1) is 13.1. The normalized spacial score (nSPS) is 11.6. The van der Waals surface area contributed by atoms with Gasteiger partial charge < -0.3 is 5.73 Å². The molecule has 2 aromatic heterocycles. The van der Waals surface area contributed by atoms with Gasteiger partial charge >= 0.3 is 0 Å². The van der Waals surface area contributed by atoms with Gasteiger partial charge in [0.15, 0.2) is 0 Å². The highest BCUT2D eigenvalue weighted by molar-refractivity contribution is 6.29. The summed E-state index contributed by atoms with van der Waals surface area (Å²) in [5.41, 5.74) is 6.84. The van der Waals surface area contributed by atoms with Gasteiger partial charge in [0.25, 0.3) is 0 Å². The molecule has 7 heteroatoms. The summed E-state index contributed by atoms with van der Waals surface area (Å²) in [5, 5.41) is 0.355. The molecule has 0 fully saturated rings. The van der Waals surface area contributed by atoms with E-state index in [9.17, 15) is 9.59 Å². The molecule has 2 N–H and O–H groups in total. The average molecular weight is 381 g/mol. The molecule has 3 rings (SSSR count). The fraction of sp³-hybridized carbons (Fsp3) is 0.100. The van der Waals surface area contributed by atoms with Crippen LogP contribution in [-0.4, -0.2) is 21.8 Å². The van der Waals surface area contributed by atoms with Gasteiger partial charge in [-0.15, -0.1) is 0 Å². The lowest BCUT2D eigenvalue weighted by Crippen LogP contribution is -2.40. The van der Waals surface area contributed by atoms with Gasteiger partial charge in [0, 0.05) is 12.4 Å². The number of amides is 2. The van der Waals surface area contributed by atoms with Crippen molar-refractivity contribution in [1.82, 2.24) is 9.97 Å². The fourth-order valence-corrected chi connectivity index (χ4v) is 2.81. The number of nitrogens with zero attached hydrogens (tertiary/aromatic N) is 3. The molecule has 136 valence electrons. The Labute approximate surface area is 161 Å². The van der Waals surface area contributed by atoms with E-state index in [0.717, 1.165) is 5.56 Å². The topological polar surface area (TPSA) is 89.2 Å². The standard InChI is InChI=1S/C20H17ClN4O2/c21-16-10-9-14(12-24-16)13-25(17-8-4-5-11-23-17)20(27)18(19(22)26)15-6-2-1-3-7-15/h1-12,18H,13H2,(H2,22,26). The number of carbonyl (C=O) groups is 2. The van der Waals surface area contributed by atoms with E-state index in [1.54, 1.807) is 67.0 Å². The number of benzene rings is 1. The molecule has 6 nitrogen and oxygen atoms in total. The van der Waals surface area contributed by atoms with E-state index in [2.05, 4.69) is 9.97 Å². The number of rotatable bonds is 6. The van der Waals surface area contributed by atoms with E-state index in [1.807, 2.05) is 6.07 Å². The molecule has 1 aromatic carbocycles. The number of halogens is 1. The maximum atomic E-state index is 13.3. The SMILES string of the molecule is NC(=O)C(C(=O)N(Cc1ccc(Cl)nc1)c1ccccn1)c1ccccc1. The molecule has 0 saturated carbocycles. The third-order valence-corrected chi connectivity index (χ3v) is 4.21. The van der Waals surface area contributed by atoms with Crippen LogP contribution in [0.15, 0.2) is 73.1 Å². The van der Waals surface area contributed by atoms with Gasteiger partial charge in [0.1, 0.15) is 16.9 Å². The molecule has 0 spiro atoms. The second kappa shape index (κ2) is 8.42. The molecule has 1 unspecified atom stereocenters. The number of hydrogen-bond acceptors (Lipinski definition) is 4. The van der Waals surface area contributed by atoms with Crippen LogP contribution in [0.3, 0.4) is 0 Å². The van der Waals surface area contributed by atoms with Crippen molar-refractivity contribution in [2.45, 2.75) is 12.5 Å². The Hall–Kier alpha value is -3.25. The van der Waals surface area contributed by atoms with Crippen molar-refractivity contribution in [1.29, 1.82) is 0 Å². The van der Waals surface area contributed by atoms with Gasteiger partial charge in [0.2, 0.25) is 11.8 Å². The zero-order valence-corrected chi connectivity index (χ0v) is 15.1. The number of anilines is 1. The Morgan fingerprint density at radius 2 is 1.74 bits per heavy atom. The quantitative estimate of drug-likeness (QED) is 0.526. The van der Waals surface area contributed by atoms with Crippen molar-refractivity contribution in [3.63, 3.8) is 0 Å². The minimum absolute atomic E-state index is 0.177. The molecular weight excluding hydrogens is 364 g/mol. The van der Waals surface area contributed by atoms with Crippen molar-refractivity contribution in [3.8, 4) is 0 Å². The molecule has 0 aliphatic heterocycles. The summed E-state index contributed by atoms with van der Waals surface area (Å²) in [6.07, 6.45) is 3.16. The third kappa shape index (κ3) is 4.48. The number of hydrogen-bond donors (Lipinski definition) is 1. The first-order valence-corrected chi connectivity index (χ1v) is 8.61. The summed E-state index contributed by atoms with van der Waals surface area (Å²) in [6, 6.07) is 17.3. The van der Waals surface area contributed by atoms with Crippen molar-refractivity contribution in [3.05, 3.63) is 89.3 Å². The predicted molar refractivity (Wildman–Crippen MR) is 103 cm³/mol. The molecule has 1 atom stereocenters. The van der Waals surface area contributed by atoms with Gasteiger partial charge in [0.05, 0.1) is 6.54 Å². The fourth-order valence-electron chi connectivity index (χ4n) is 2.70. The molecule has 0 aliphatic carbocycles. The predicted octanol–water partition coefficient (Wildman–Crippen LogP) is 2.93. The monoisotopic (exact) mass is 380 g/mol. The molecule has 27 heavy (non-hydrogen) atoms. The highest BCUT2D eigenvalue weighted by Gasteiger charge is 2.32. The Balaban J connectivity index is 1.99. The van der Waals surface area contributed by atoms with E-state index in [-0.39, 0.29) is 6.54 Å². The maximum Gasteiger partial charge on any atom is 0.245 e. The zero-order valence-electron chi connectivity index (χ0n) is 14.3. The summed E-state index contributed by atoms with van der Waals surface area (Å²) >= 11 is 5.83.